The molecule has 1 aliphatic rings. The van der Waals surface area contributed by atoms with E-state index < -0.39 is 0 Å². The Bertz CT molecular complexity index is 485. The summed E-state index contributed by atoms with van der Waals surface area (Å²) in [6.07, 6.45) is 3.40. The Hall–Kier alpha value is -1.55. The van der Waals surface area contributed by atoms with Gasteiger partial charge >= 0.3 is 0 Å². The molecular formula is C17H25NO3. The monoisotopic (exact) mass is 291 g/mol. The maximum atomic E-state index is 11.7. The minimum absolute atomic E-state index is 0.0411. The van der Waals surface area contributed by atoms with Gasteiger partial charge in [-0.3, -0.25) is 4.79 Å². The number of aryl methyl sites for hydroxylation is 1. The minimum Gasteiger partial charge on any atom is -0.484 e. The Morgan fingerprint density at radius 1 is 1.48 bits per heavy atom. The van der Waals surface area contributed by atoms with Gasteiger partial charge in [-0.2, -0.15) is 0 Å². The predicted molar refractivity (Wildman–Crippen MR) is 82.3 cm³/mol. The number of ether oxygens (including phenoxy) is 1. The molecule has 0 saturated heterocycles. The largest absolute Gasteiger partial charge is 0.484 e. The lowest BCUT2D eigenvalue weighted by Gasteiger charge is -2.21. The number of rotatable bonds is 6. The van der Waals surface area contributed by atoms with Crippen molar-refractivity contribution in [1.29, 1.82) is 0 Å². The number of carbonyl (C=O) groups is 1. The molecule has 0 spiro atoms. The van der Waals surface area contributed by atoms with Crippen molar-refractivity contribution >= 4 is 5.91 Å². The van der Waals surface area contributed by atoms with E-state index in [1.165, 1.54) is 0 Å². The van der Waals surface area contributed by atoms with Gasteiger partial charge in [-0.15, -0.1) is 0 Å². The summed E-state index contributed by atoms with van der Waals surface area (Å²) < 4.78 is 5.53. The predicted octanol–water partition coefficient (Wildman–Crippen LogP) is 2.60. The molecule has 0 heterocycles. The van der Waals surface area contributed by atoms with E-state index in [0.717, 1.165) is 36.8 Å². The van der Waals surface area contributed by atoms with Crippen LogP contribution in [0.25, 0.3) is 0 Å². The molecule has 116 valence electrons. The summed E-state index contributed by atoms with van der Waals surface area (Å²) in [4.78, 5) is 11.7. The molecule has 0 fully saturated rings. The van der Waals surface area contributed by atoms with E-state index in [9.17, 15) is 9.90 Å². The summed E-state index contributed by atoms with van der Waals surface area (Å²) in [6.45, 7) is 4.99. The molecule has 1 aromatic carbocycles. The highest BCUT2D eigenvalue weighted by molar-refractivity contribution is 5.77. The zero-order valence-corrected chi connectivity index (χ0v) is 12.9. The standard InChI is InChI=1S/C17H25NO3/c1-12(2)8-9-18-17(20)11-21-14-6-7-15-13(10-14)4-3-5-16(15)19/h6-7,10,12,16,19H,3-5,8-9,11H2,1-2H3,(H,18,20). The quantitative estimate of drug-likeness (QED) is 0.847. The van der Waals surface area contributed by atoms with Crippen molar-refractivity contribution in [3.8, 4) is 5.75 Å². The van der Waals surface area contributed by atoms with Crippen LogP contribution in [-0.2, 0) is 11.2 Å². The van der Waals surface area contributed by atoms with Crippen LogP contribution < -0.4 is 10.1 Å². The van der Waals surface area contributed by atoms with E-state index >= 15 is 0 Å². The van der Waals surface area contributed by atoms with Gasteiger partial charge in [-0.25, -0.2) is 0 Å². The average Bonchev–Trinajstić information content (AvgIpc) is 2.45. The lowest BCUT2D eigenvalue weighted by Crippen LogP contribution is -2.30. The maximum Gasteiger partial charge on any atom is 0.257 e. The molecule has 0 aromatic heterocycles. The van der Waals surface area contributed by atoms with Crippen LogP contribution in [0.15, 0.2) is 18.2 Å². The summed E-state index contributed by atoms with van der Waals surface area (Å²) in [6, 6.07) is 5.68. The summed E-state index contributed by atoms with van der Waals surface area (Å²) in [7, 11) is 0. The molecule has 0 aliphatic heterocycles. The lowest BCUT2D eigenvalue weighted by molar-refractivity contribution is -0.123. The second kappa shape index (κ2) is 7.46. The molecule has 2 rings (SSSR count). The van der Waals surface area contributed by atoms with Crippen LogP contribution in [0.1, 0.15) is 50.3 Å². The first-order chi connectivity index (χ1) is 10.1. The highest BCUT2D eigenvalue weighted by atomic mass is 16.5. The van der Waals surface area contributed by atoms with Crippen molar-refractivity contribution in [3.63, 3.8) is 0 Å². The van der Waals surface area contributed by atoms with Gasteiger partial charge in [0.15, 0.2) is 6.61 Å². The normalized spacial score (nSPS) is 17.4. The van der Waals surface area contributed by atoms with E-state index in [-0.39, 0.29) is 18.6 Å². The highest BCUT2D eigenvalue weighted by Gasteiger charge is 2.18. The van der Waals surface area contributed by atoms with E-state index in [1.807, 2.05) is 18.2 Å². The fourth-order valence-corrected chi connectivity index (χ4v) is 2.56. The molecular weight excluding hydrogens is 266 g/mol. The van der Waals surface area contributed by atoms with Crippen LogP contribution in [0, 0.1) is 5.92 Å². The molecule has 21 heavy (non-hydrogen) atoms. The number of fused-ring (bicyclic) bond motifs is 1. The number of benzene rings is 1. The third-order valence-corrected chi connectivity index (χ3v) is 3.81. The first-order valence-electron chi connectivity index (χ1n) is 7.76. The Morgan fingerprint density at radius 2 is 2.29 bits per heavy atom. The first-order valence-corrected chi connectivity index (χ1v) is 7.76. The van der Waals surface area contributed by atoms with Crippen molar-refractivity contribution < 1.29 is 14.6 Å². The average molecular weight is 291 g/mol. The van der Waals surface area contributed by atoms with E-state index in [0.29, 0.717) is 18.2 Å². The van der Waals surface area contributed by atoms with E-state index in [4.69, 9.17) is 4.74 Å². The van der Waals surface area contributed by atoms with Gasteiger partial charge in [0.05, 0.1) is 6.10 Å². The first kappa shape index (κ1) is 15.8. The molecule has 1 aromatic rings. The van der Waals surface area contributed by atoms with E-state index in [2.05, 4.69) is 19.2 Å². The smallest absolute Gasteiger partial charge is 0.257 e. The molecule has 0 saturated carbocycles. The van der Waals surface area contributed by atoms with Crippen molar-refractivity contribution in [2.24, 2.45) is 5.92 Å². The zero-order valence-electron chi connectivity index (χ0n) is 12.9. The minimum atomic E-state index is -0.359. The molecule has 4 nitrogen and oxygen atoms in total. The Morgan fingerprint density at radius 3 is 3.05 bits per heavy atom. The summed E-state index contributed by atoms with van der Waals surface area (Å²) >= 11 is 0. The van der Waals surface area contributed by atoms with Crippen LogP contribution in [0.5, 0.6) is 5.75 Å². The van der Waals surface area contributed by atoms with Crippen LogP contribution >= 0.6 is 0 Å². The fraction of sp³-hybridized carbons (Fsp3) is 0.588. The highest BCUT2D eigenvalue weighted by Crippen LogP contribution is 2.31. The number of carbonyl (C=O) groups excluding carboxylic acids is 1. The van der Waals surface area contributed by atoms with Crippen molar-refractivity contribution in [2.45, 2.75) is 45.6 Å². The molecule has 0 radical (unpaired) electrons. The molecule has 1 atom stereocenters. The molecule has 0 bridgehead atoms. The third kappa shape index (κ3) is 4.74. The summed E-state index contributed by atoms with van der Waals surface area (Å²) in [5, 5.41) is 12.8. The SMILES string of the molecule is CC(C)CCNC(=O)COc1ccc2c(c1)CCCC2O. The van der Waals surface area contributed by atoms with Crippen molar-refractivity contribution in [3.05, 3.63) is 29.3 Å². The van der Waals surface area contributed by atoms with Gasteiger partial charge in [0.2, 0.25) is 0 Å². The van der Waals surface area contributed by atoms with Gasteiger partial charge < -0.3 is 15.2 Å². The number of hydrogen-bond donors (Lipinski definition) is 2. The summed E-state index contributed by atoms with van der Waals surface area (Å²) in [5.41, 5.74) is 2.13. The van der Waals surface area contributed by atoms with Gasteiger partial charge in [0.1, 0.15) is 5.75 Å². The molecule has 2 N–H and O–H groups in total. The number of nitrogens with one attached hydrogen (secondary N) is 1. The number of amides is 1. The molecule has 1 amide bonds. The molecule has 4 heteroatoms. The topological polar surface area (TPSA) is 58.6 Å². The third-order valence-electron chi connectivity index (χ3n) is 3.81. The Balaban J connectivity index is 1.82. The Labute approximate surface area is 126 Å². The number of aliphatic hydroxyl groups is 1. The fourth-order valence-electron chi connectivity index (χ4n) is 2.56. The summed E-state index contributed by atoms with van der Waals surface area (Å²) in [5.74, 6) is 1.19. The van der Waals surface area contributed by atoms with Crippen molar-refractivity contribution in [2.75, 3.05) is 13.2 Å². The van der Waals surface area contributed by atoms with Gasteiger partial charge in [-0.05, 0) is 54.9 Å². The van der Waals surface area contributed by atoms with Crippen molar-refractivity contribution in [1.82, 2.24) is 5.32 Å². The van der Waals surface area contributed by atoms with Crippen LogP contribution in [0.2, 0.25) is 0 Å². The molecule has 1 aliphatic carbocycles. The maximum absolute atomic E-state index is 11.7. The lowest BCUT2D eigenvalue weighted by atomic mass is 9.89. The van der Waals surface area contributed by atoms with Gasteiger partial charge in [0.25, 0.3) is 5.91 Å². The molecule has 1 unspecified atom stereocenters. The van der Waals surface area contributed by atoms with Crippen LogP contribution in [0.4, 0.5) is 0 Å². The second-order valence-corrected chi connectivity index (χ2v) is 6.09. The van der Waals surface area contributed by atoms with Gasteiger partial charge in [-0.1, -0.05) is 19.9 Å². The van der Waals surface area contributed by atoms with Crippen LogP contribution in [-0.4, -0.2) is 24.2 Å². The van der Waals surface area contributed by atoms with Crippen LogP contribution in [0.3, 0.4) is 0 Å². The van der Waals surface area contributed by atoms with Gasteiger partial charge in [0, 0.05) is 6.54 Å². The zero-order chi connectivity index (χ0) is 15.2. The Kier molecular flexibility index (Phi) is 5.62. The second-order valence-electron chi connectivity index (χ2n) is 6.09. The number of aliphatic hydroxyl groups excluding tert-OH is 1. The number of hydrogen-bond acceptors (Lipinski definition) is 3. The van der Waals surface area contributed by atoms with E-state index in [1.54, 1.807) is 0 Å².